The molecule has 0 spiro atoms. The lowest BCUT2D eigenvalue weighted by Crippen LogP contribution is -2.40. The van der Waals surface area contributed by atoms with E-state index in [2.05, 4.69) is 10.9 Å². The maximum atomic E-state index is 11.7. The molecule has 0 fully saturated rings. The minimum Gasteiger partial charge on any atom is -0.508 e. The second-order valence-electron chi connectivity index (χ2n) is 4.26. The van der Waals surface area contributed by atoms with Crippen molar-refractivity contribution in [3.8, 4) is 17.2 Å². The van der Waals surface area contributed by atoms with Gasteiger partial charge in [0.15, 0.2) is 0 Å². The third-order valence-electron chi connectivity index (χ3n) is 2.54. The lowest BCUT2D eigenvalue weighted by Gasteiger charge is -2.07. The molecule has 0 saturated carbocycles. The van der Waals surface area contributed by atoms with Crippen LogP contribution in [0.4, 0.5) is 0 Å². The van der Waals surface area contributed by atoms with E-state index >= 15 is 0 Å². The van der Waals surface area contributed by atoms with E-state index in [1.165, 1.54) is 19.1 Å². The van der Waals surface area contributed by atoms with Crippen LogP contribution in [0.3, 0.4) is 0 Å². The first-order valence-electron chi connectivity index (χ1n) is 6.18. The van der Waals surface area contributed by atoms with Gasteiger partial charge in [-0.2, -0.15) is 0 Å². The van der Waals surface area contributed by atoms with E-state index < -0.39 is 5.91 Å². The van der Waals surface area contributed by atoms with Crippen LogP contribution in [0.25, 0.3) is 0 Å². The fourth-order valence-electron chi connectivity index (χ4n) is 1.54. The second kappa shape index (κ2) is 6.42. The number of rotatable bonds is 3. The third kappa shape index (κ3) is 4.24. The first-order valence-corrected chi connectivity index (χ1v) is 6.18. The van der Waals surface area contributed by atoms with E-state index in [9.17, 15) is 14.7 Å². The number of hydrogen-bond acceptors (Lipinski definition) is 4. The summed E-state index contributed by atoms with van der Waals surface area (Å²) < 4.78 is 5.55. The zero-order valence-electron chi connectivity index (χ0n) is 11.3. The van der Waals surface area contributed by atoms with Gasteiger partial charge in [-0.05, 0) is 48.5 Å². The number of phenols is 1. The number of carbonyl (C=O) groups is 2. The summed E-state index contributed by atoms with van der Waals surface area (Å²) >= 11 is 0. The summed E-state index contributed by atoms with van der Waals surface area (Å²) in [7, 11) is 0. The van der Waals surface area contributed by atoms with Crippen LogP contribution >= 0.6 is 0 Å². The molecule has 0 atom stereocenters. The predicted molar refractivity (Wildman–Crippen MR) is 75.9 cm³/mol. The highest BCUT2D eigenvalue weighted by Crippen LogP contribution is 2.23. The van der Waals surface area contributed by atoms with Crippen LogP contribution in [-0.4, -0.2) is 16.9 Å². The van der Waals surface area contributed by atoms with Crippen LogP contribution in [0, 0.1) is 0 Å². The number of carbonyl (C=O) groups excluding carboxylic acids is 2. The number of benzene rings is 2. The molecule has 0 aliphatic heterocycles. The fraction of sp³-hybridized carbons (Fsp3) is 0.0667. The van der Waals surface area contributed by atoms with E-state index in [1.807, 2.05) is 0 Å². The average Bonchev–Trinajstić information content (AvgIpc) is 2.48. The number of hydrazine groups is 1. The summed E-state index contributed by atoms with van der Waals surface area (Å²) in [6.45, 7) is 1.30. The van der Waals surface area contributed by atoms with Crippen molar-refractivity contribution in [2.24, 2.45) is 0 Å². The van der Waals surface area contributed by atoms with E-state index in [1.54, 1.807) is 36.4 Å². The number of phenolic OH excluding ortho intramolecular Hbond substituents is 1. The minimum atomic E-state index is -0.415. The van der Waals surface area contributed by atoms with Crippen LogP contribution < -0.4 is 15.6 Å². The molecule has 2 amide bonds. The van der Waals surface area contributed by atoms with E-state index in [0.717, 1.165) is 0 Å². The smallest absolute Gasteiger partial charge is 0.269 e. The lowest BCUT2D eigenvalue weighted by atomic mass is 10.2. The molecule has 0 unspecified atom stereocenters. The second-order valence-corrected chi connectivity index (χ2v) is 4.26. The highest BCUT2D eigenvalue weighted by atomic mass is 16.5. The highest BCUT2D eigenvalue weighted by Gasteiger charge is 2.06. The fourth-order valence-corrected chi connectivity index (χ4v) is 1.54. The molecule has 2 rings (SSSR count). The Bertz CT molecular complexity index is 636. The van der Waals surface area contributed by atoms with Crippen LogP contribution in [-0.2, 0) is 4.79 Å². The van der Waals surface area contributed by atoms with Gasteiger partial charge in [0.25, 0.3) is 5.91 Å². The van der Waals surface area contributed by atoms with Gasteiger partial charge in [-0.15, -0.1) is 0 Å². The van der Waals surface area contributed by atoms with Gasteiger partial charge < -0.3 is 9.84 Å². The average molecular weight is 286 g/mol. The zero-order chi connectivity index (χ0) is 15.2. The van der Waals surface area contributed by atoms with Gasteiger partial charge in [-0.3, -0.25) is 20.4 Å². The maximum absolute atomic E-state index is 11.7. The molecular weight excluding hydrogens is 272 g/mol. The largest absolute Gasteiger partial charge is 0.508 e. The Morgan fingerprint density at radius 3 is 1.95 bits per heavy atom. The van der Waals surface area contributed by atoms with E-state index in [-0.39, 0.29) is 11.7 Å². The molecule has 3 N–H and O–H groups in total. The van der Waals surface area contributed by atoms with Gasteiger partial charge in [0, 0.05) is 12.5 Å². The third-order valence-corrected chi connectivity index (χ3v) is 2.54. The molecule has 0 heterocycles. The Morgan fingerprint density at radius 2 is 1.43 bits per heavy atom. The van der Waals surface area contributed by atoms with Crippen LogP contribution in [0.15, 0.2) is 48.5 Å². The number of hydrogen-bond donors (Lipinski definition) is 3. The summed E-state index contributed by atoms with van der Waals surface area (Å²) in [6.07, 6.45) is 0. The number of amides is 2. The Kier molecular flexibility index (Phi) is 4.40. The molecule has 108 valence electrons. The van der Waals surface area contributed by atoms with Crippen LogP contribution in [0.2, 0.25) is 0 Å². The summed E-state index contributed by atoms with van der Waals surface area (Å²) in [6, 6.07) is 12.7. The van der Waals surface area contributed by atoms with Crippen LogP contribution in [0.5, 0.6) is 17.2 Å². The highest BCUT2D eigenvalue weighted by molar-refractivity contribution is 5.95. The van der Waals surface area contributed by atoms with Crippen molar-refractivity contribution in [1.29, 1.82) is 0 Å². The summed E-state index contributed by atoms with van der Waals surface area (Å²) in [4.78, 5) is 22.4. The first kappa shape index (κ1) is 14.4. The number of ether oxygens (including phenoxy) is 1. The van der Waals surface area contributed by atoms with E-state index in [4.69, 9.17) is 4.74 Å². The zero-order valence-corrected chi connectivity index (χ0v) is 11.3. The molecule has 0 radical (unpaired) electrons. The van der Waals surface area contributed by atoms with Crippen molar-refractivity contribution in [2.45, 2.75) is 6.92 Å². The van der Waals surface area contributed by atoms with Gasteiger partial charge in [-0.1, -0.05) is 0 Å². The van der Waals surface area contributed by atoms with Gasteiger partial charge in [0.1, 0.15) is 17.2 Å². The summed E-state index contributed by atoms with van der Waals surface area (Å²) in [5.74, 6) is 0.518. The maximum Gasteiger partial charge on any atom is 0.269 e. The van der Waals surface area contributed by atoms with Crippen molar-refractivity contribution in [3.63, 3.8) is 0 Å². The molecule has 21 heavy (non-hydrogen) atoms. The van der Waals surface area contributed by atoms with Crippen molar-refractivity contribution < 1.29 is 19.4 Å². The SMILES string of the molecule is CC(=O)NNC(=O)c1ccc(Oc2ccc(O)cc2)cc1. The van der Waals surface area contributed by atoms with Gasteiger partial charge in [0.2, 0.25) is 5.91 Å². The Balaban J connectivity index is 2.00. The quantitative estimate of drug-likeness (QED) is 0.753. The van der Waals surface area contributed by atoms with Crippen molar-refractivity contribution in [3.05, 3.63) is 54.1 Å². The first-order chi connectivity index (χ1) is 10.0. The normalized spacial score (nSPS) is 9.76. The minimum absolute atomic E-state index is 0.160. The monoisotopic (exact) mass is 286 g/mol. The Morgan fingerprint density at radius 1 is 0.905 bits per heavy atom. The van der Waals surface area contributed by atoms with Crippen molar-refractivity contribution in [2.75, 3.05) is 0 Å². The Labute approximate surface area is 121 Å². The molecule has 0 bridgehead atoms. The Hall–Kier alpha value is -3.02. The molecule has 2 aromatic rings. The lowest BCUT2D eigenvalue weighted by molar-refractivity contribution is -0.119. The predicted octanol–water partition coefficient (Wildman–Crippen LogP) is 1.97. The van der Waals surface area contributed by atoms with Gasteiger partial charge in [-0.25, -0.2) is 0 Å². The van der Waals surface area contributed by atoms with Crippen molar-refractivity contribution in [1.82, 2.24) is 10.9 Å². The molecule has 2 aromatic carbocycles. The summed E-state index contributed by atoms with van der Waals surface area (Å²) in [5.41, 5.74) is 4.87. The molecule has 0 aliphatic rings. The molecular formula is C15H14N2O4. The topological polar surface area (TPSA) is 87.7 Å². The molecule has 0 saturated heterocycles. The van der Waals surface area contributed by atoms with E-state index in [0.29, 0.717) is 17.1 Å². The molecule has 6 nitrogen and oxygen atoms in total. The van der Waals surface area contributed by atoms with Gasteiger partial charge >= 0.3 is 0 Å². The molecule has 0 aromatic heterocycles. The number of aromatic hydroxyl groups is 1. The van der Waals surface area contributed by atoms with Crippen LogP contribution in [0.1, 0.15) is 17.3 Å². The number of nitrogens with one attached hydrogen (secondary N) is 2. The van der Waals surface area contributed by atoms with Crippen molar-refractivity contribution >= 4 is 11.8 Å². The summed E-state index contributed by atoms with van der Waals surface area (Å²) in [5, 5.41) is 9.18. The molecule has 6 heteroatoms. The standard InChI is InChI=1S/C15H14N2O4/c1-10(18)16-17-15(20)11-2-6-13(7-3-11)21-14-8-4-12(19)5-9-14/h2-9,19H,1H3,(H,16,18)(H,17,20). The molecule has 0 aliphatic carbocycles. The van der Waals surface area contributed by atoms with Gasteiger partial charge in [0.05, 0.1) is 0 Å².